The van der Waals surface area contributed by atoms with Crippen LogP contribution in [-0.4, -0.2) is 45.1 Å². The Morgan fingerprint density at radius 3 is 1.65 bits per heavy atom. The molecule has 2 heterocycles. The molecule has 4 rings (SSSR count). The number of nitrogens with one attached hydrogen (secondary N) is 2. The van der Waals surface area contributed by atoms with Crippen LogP contribution in [-0.2, 0) is 10.8 Å². The molecule has 0 saturated heterocycles. The molecule has 4 N–H and O–H groups in total. The first-order valence-corrected chi connectivity index (χ1v) is 16.8. The Bertz CT molecular complexity index is 1530. The number of nitrogens with zero attached hydrogens (tertiary/aromatic N) is 2. The molecule has 2 aromatic carbocycles. The van der Waals surface area contributed by atoms with Crippen molar-refractivity contribution in [3.8, 4) is 33.9 Å². The van der Waals surface area contributed by atoms with Crippen molar-refractivity contribution < 1.29 is 19.8 Å². The lowest BCUT2D eigenvalue weighted by molar-refractivity contribution is 0.0941. The maximum Gasteiger partial charge on any atom is 0.255 e. The Hall–Kier alpha value is -4.72. The SMILES string of the molecule is CCCCNC(=O)c1cc(C(C)(C)C)cc(-c2ccccn2)c1O.CCCCNC(=O)c1cc(C(C)(C)C)cc(-c2cccnc2)c1O. The molecule has 48 heavy (non-hydrogen) atoms. The number of amides is 2. The maximum atomic E-state index is 12.5. The molecule has 0 aliphatic carbocycles. The van der Waals surface area contributed by atoms with E-state index in [-0.39, 0.29) is 34.1 Å². The van der Waals surface area contributed by atoms with Gasteiger partial charge in [-0.05, 0) is 77.3 Å². The first-order valence-electron chi connectivity index (χ1n) is 16.8. The van der Waals surface area contributed by atoms with Crippen LogP contribution in [0.25, 0.3) is 22.4 Å². The summed E-state index contributed by atoms with van der Waals surface area (Å²) >= 11 is 0. The van der Waals surface area contributed by atoms with E-state index in [4.69, 9.17) is 0 Å². The summed E-state index contributed by atoms with van der Waals surface area (Å²) in [4.78, 5) is 33.5. The Kier molecular flexibility index (Phi) is 13.3. The van der Waals surface area contributed by atoms with E-state index in [1.807, 2.05) is 42.5 Å². The van der Waals surface area contributed by atoms with Crippen molar-refractivity contribution in [3.63, 3.8) is 0 Å². The molecule has 0 bridgehead atoms. The Morgan fingerprint density at radius 1 is 0.688 bits per heavy atom. The molecule has 0 saturated carbocycles. The van der Waals surface area contributed by atoms with Crippen LogP contribution in [0.1, 0.15) is 113 Å². The van der Waals surface area contributed by atoms with E-state index in [1.165, 1.54) is 0 Å². The Morgan fingerprint density at radius 2 is 1.21 bits per heavy atom. The van der Waals surface area contributed by atoms with E-state index in [9.17, 15) is 19.8 Å². The van der Waals surface area contributed by atoms with Crippen molar-refractivity contribution in [2.45, 2.75) is 91.9 Å². The molecule has 2 aromatic heterocycles. The van der Waals surface area contributed by atoms with Gasteiger partial charge < -0.3 is 20.8 Å². The van der Waals surface area contributed by atoms with E-state index in [1.54, 1.807) is 30.7 Å². The summed E-state index contributed by atoms with van der Waals surface area (Å²) in [6.07, 6.45) is 8.91. The third-order valence-electron chi connectivity index (χ3n) is 7.99. The Balaban J connectivity index is 0.000000260. The first kappa shape index (κ1) is 37.7. The number of phenols is 2. The summed E-state index contributed by atoms with van der Waals surface area (Å²) in [5, 5.41) is 27.1. The number of carbonyl (C=O) groups excluding carboxylic acids is 2. The number of aromatic hydroxyl groups is 2. The van der Waals surface area contributed by atoms with Gasteiger partial charge in [-0.1, -0.05) is 80.4 Å². The molecule has 0 fully saturated rings. The highest BCUT2D eigenvalue weighted by Crippen LogP contribution is 2.38. The lowest BCUT2D eigenvalue weighted by atomic mass is 9.83. The van der Waals surface area contributed by atoms with Gasteiger partial charge >= 0.3 is 0 Å². The van der Waals surface area contributed by atoms with Crippen molar-refractivity contribution in [1.29, 1.82) is 0 Å². The molecule has 8 heteroatoms. The molecule has 4 aromatic rings. The monoisotopic (exact) mass is 652 g/mol. The number of unbranched alkanes of at least 4 members (excludes halogenated alkanes) is 2. The molecule has 0 aliphatic heterocycles. The van der Waals surface area contributed by atoms with Gasteiger partial charge in [0.05, 0.1) is 16.8 Å². The van der Waals surface area contributed by atoms with Crippen LogP contribution >= 0.6 is 0 Å². The zero-order valence-electron chi connectivity index (χ0n) is 29.8. The van der Waals surface area contributed by atoms with E-state index in [0.29, 0.717) is 41.0 Å². The fourth-order valence-corrected chi connectivity index (χ4v) is 4.89. The van der Waals surface area contributed by atoms with Gasteiger partial charge in [0.1, 0.15) is 11.5 Å². The molecule has 8 nitrogen and oxygen atoms in total. The zero-order chi connectivity index (χ0) is 35.5. The number of pyridine rings is 2. The summed E-state index contributed by atoms with van der Waals surface area (Å²) in [5.74, 6) is -0.498. The molecule has 0 spiro atoms. The standard InChI is InChI=1S/2C20H26N2O2/c1-5-6-10-22-19(24)17-12-15(20(2,3)4)11-16(18(17)23)14-8-7-9-21-13-14;1-5-6-10-22-19(24)16-13-14(20(2,3)4)12-15(18(16)23)17-9-7-8-11-21-17/h2*7-9,11-13,23H,5-6,10H2,1-4H3,(H,22,24). The van der Waals surface area contributed by atoms with Crippen LogP contribution in [0.5, 0.6) is 11.5 Å². The number of phenolic OH excluding ortho intramolecular Hbond substituents is 2. The minimum absolute atomic E-state index is 0.00463. The third kappa shape index (κ3) is 10.1. The van der Waals surface area contributed by atoms with E-state index >= 15 is 0 Å². The summed E-state index contributed by atoms with van der Waals surface area (Å²) in [6.45, 7) is 17.9. The van der Waals surface area contributed by atoms with Crippen molar-refractivity contribution in [2.24, 2.45) is 0 Å². The van der Waals surface area contributed by atoms with Crippen molar-refractivity contribution in [3.05, 3.63) is 95.4 Å². The van der Waals surface area contributed by atoms with Crippen molar-refractivity contribution >= 4 is 11.8 Å². The fourth-order valence-electron chi connectivity index (χ4n) is 4.89. The van der Waals surface area contributed by atoms with Gasteiger partial charge in [0.25, 0.3) is 11.8 Å². The van der Waals surface area contributed by atoms with Crippen molar-refractivity contribution in [1.82, 2.24) is 20.6 Å². The molecule has 0 aliphatic rings. The normalized spacial score (nSPS) is 11.3. The number of rotatable bonds is 10. The second-order valence-electron chi connectivity index (χ2n) is 14.0. The smallest absolute Gasteiger partial charge is 0.255 e. The van der Waals surface area contributed by atoms with Gasteiger partial charge in [-0.25, -0.2) is 0 Å². The van der Waals surface area contributed by atoms with Gasteiger partial charge in [0, 0.05) is 48.4 Å². The highest BCUT2D eigenvalue weighted by molar-refractivity contribution is 6.00. The second-order valence-corrected chi connectivity index (χ2v) is 14.0. The van der Waals surface area contributed by atoms with E-state index in [0.717, 1.165) is 42.4 Å². The Labute approximate surface area is 286 Å². The van der Waals surface area contributed by atoms with Gasteiger partial charge in [-0.2, -0.15) is 0 Å². The fraction of sp³-hybridized carbons (Fsp3) is 0.400. The minimum atomic E-state index is -0.246. The summed E-state index contributed by atoms with van der Waals surface area (Å²) in [7, 11) is 0. The van der Waals surface area contributed by atoms with Gasteiger partial charge in [0.15, 0.2) is 0 Å². The van der Waals surface area contributed by atoms with Crippen molar-refractivity contribution in [2.75, 3.05) is 13.1 Å². The molecule has 0 radical (unpaired) electrons. The van der Waals surface area contributed by atoms with Gasteiger partial charge in [-0.3, -0.25) is 19.6 Å². The van der Waals surface area contributed by atoms with Crippen LogP contribution in [0.4, 0.5) is 0 Å². The predicted molar refractivity (Wildman–Crippen MR) is 195 cm³/mol. The van der Waals surface area contributed by atoms with E-state index < -0.39 is 0 Å². The van der Waals surface area contributed by atoms with Gasteiger partial charge in [0.2, 0.25) is 0 Å². The van der Waals surface area contributed by atoms with Crippen LogP contribution in [0.15, 0.2) is 73.2 Å². The average Bonchev–Trinajstić information content (AvgIpc) is 3.05. The zero-order valence-corrected chi connectivity index (χ0v) is 29.8. The minimum Gasteiger partial charge on any atom is -0.506 e. The quantitative estimate of drug-likeness (QED) is 0.127. The van der Waals surface area contributed by atoms with Crippen LogP contribution < -0.4 is 10.6 Å². The first-order chi connectivity index (χ1) is 22.7. The predicted octanol–water partition coefficient (Wildman–Crippen LogP) is 8.56. The topological polar surface area (TPSA) is 124 Å². The number of benzene rings is 2. The van der Waals surface area contributed by atoms with Gasteiger partial charge in [-0.15, -0.1) is 0 Å². The molecule has 0 atom stereocenters. The molecule has 256 valence electrons. The van der Waals surface area contributed by atoms with Crippen LogP contribution in [0, 0.1) is 0 Å². The number of carbonyl (C=O) groups is 2. The van der Waals surface area contributed by atoms with E-state index in [2.05, 4.69) is 76.0 Å². The third-order valence-corrected chi connectivity index (χ3v) is 7.99. The molecular formula is C40H52N4O4. The highest BCUT2D eigenvalue weighted by Gasteiger charge is 2.24. The summed E-state index contributed by atoms with van der Waals surface area (Å²) in [6, 6.07) is 16.7. The number of hydrogen-bond acceptors (Lipinski definition) is 6. The lowest BCUT2D eigenvalue weighted by Crippen LogP contribution is -2.25. The molecule has 0 unspecified atom stereocenters. The van der Waals surface area contributed by atoms with Crippen LogP contribution in [0.3, 0.4) is 0 Å². The maximum absolute atomic E-state index is 12.5. The summed E-state index contributed by atoms with van der Waals surface area (Å²) < 4.78 is 0. The molecular weight excluding hydrogens is 600 g/mol. The number of aromatic nitrogens is 2. The highest BCUT2D eigenvalue weighted by atomic mass is 16.3. The summed E-state index contributed by atoms with van der Waals surface area (Å²) in [5.41, 5.74) is 5.00. The molecule has 2 amide bonds. The van der Waals surface area contributed by atoms with Crippen LogP contribution in [0.2, 0.25) is 0 Å². The second kappa shape index (κ2) is 16.9. The lowest BCUT2D eigenvalue weighted by Gasteiger charge is -2.22. The average molecular weight is 653 g/mol. The largest absolute Gasteiger partial charge is 0.506 e. The number of hydrogen-bond donors (Lipinski definition) is 4.